The summed E-state index contributed by atoms with van der Waals surface area (Å²) >= 11 is 0. The molecule has 0 radical (unpaired) electrons. The monoisotopic (exact) mass is 618 g/mol. The van der Waals surface area contributed by atoms with Crippen molar-refractivity contribution in [2.24, 2.45) is 11.8 Å². The standard InChI is InChI=1S/C35H46N4O6/c1-5-44-30-18-22-9-6-7-10-27(22)31(30)37-32(40)23-17-24(21-36-20-23)33(41)39(25-11-12-25)26-13-14-29-28(19-26)38(15-8-16-43-4)34(42)35(2,3)45-29/h6-7,9-10,13-14,19,23-25,30-31,36H,5,8,11-12,15-18,20-21H2,1-4H3,(H,37,40)/t23-,24+,30+,31+/m0/s1. The first kappa shape index (κ1) is 31.5. The Labute approximate surface area is 265 Å². The lowest BCUT2D eigenvalue weighted by Crippen LogP contribution is -2.53. The van der Waals surface area contributed by atoms with Crippen molar-refractivity contribution in [3.8, 4) is 5.75 Å². The predicted molar refractivity (Wildman–Crippen MR) is 171 cm³/mol. The van der Waals surface area contributed by atoms with Gasteiger partial charge in [0.25, 0.3) is 5.91 Å². The molecule has 10 heteroatoms. The number of hydrogen-bond acceptors (Lipinski definition) is 7. The van der Waals surface area contributed by atoms with E-state index in [-0.39, 0.29) is 47.7 Å². The molecule has 2 N–H and O–H groups in total. The number of amides is 3. The maximum Gasteiger partial charge on any atom is 0.270 e. The van der Waals surface area contributed by atoms with Gasteiger partial charge in [-0.05, 0) is 75.8 Å². The molecule has 0 unspecified atom stereocenters. The minimum atomic E-state index is -0.986. The Kier molecular flexibility index (Phi) is 9.17. The van der Waals surface area contributed by atoms with Crippen molar-refractivity contribution in [1.82, 2.24) is 10.6 Å². The summed E-state index contributed by atoms with van der Waals surface area (Å²) in [5.41, 5.74) is 2.75. The number of fused-ring (bicyclic) bond motifs is 2. The van der Waals surface area contributed by atoms with Gasteiger partial charge in [-0.2, -0.15) is 0 Å². The van der Waals surface area contributed by atoms with Gasteiger partial charge in [0.2, 0.25) is 11.8 Å². The highest BCUT2D eigenvalue weighted by Gasteiger charge is 2.44. The Morgan fingerprint density at radius 3 is 2.67 bits per heavy atom. The second-order valence-electron chi connectivity index (χ2n) is 13.2. The van der Waals surface area contributed by atoms with Gasteiger partial charge in [0.05, 0.1) is 29.7 Å². The average molecular weight is 619 g/mol. The van der Waals surface area contributed by atoms with Crippen LogP contribution in [0.4, 0.5) is 11.4 Å². The summed E-state index contributed by atoms with van der Waals surface area (Å²) in [7, 11) is 1.65. The Morgan fingerprint density at radius 2 is 1.91 bits per heavy atom. The van der Waals surface area contributed by atoms with Gasteiger partial charge in [-0.15, -0.1) is 0 Å². The Morgan fingerprint density at radius 1 is 1.13 bits per heavy atom. The Balaban J connectivity index is 1.19. The van der Waals surface area contributed by atoms with E-state index < -0.39 is 5.60 Å². The number of hydrogen-bond donors (Lipinski definition) is 2. The van der Waals surface area contributed by atoms with Crippen molar-refractivity contribution in [2.75, 3.05) is 49.8 Å². The van der Waals surface area contributed by atoms with Crippen molar-refractivity contribution in [1.29, 1.82) is 0 Å². The van der Waals surface area contributed by atoms with Crippen LogP contribution in [0, 0.1) is 11.8 Å². The topological polar surface area (TPSA) is 109 Å². The average Bonchev–Trinajstić information content (AvgIpc) is 3.81. The fourth-order valence-corrected chi connectivity index (χ4v) is 7.04. The number of rotatable bonds is 11. The highest BCUT2D eigenvalue weighted by molar-refractivity contribution is 6.04. The summed E-state index contributed by atoms with van der Waals surface area (Å²) in [6, 6.07) is 13.8. The first-order valence-corrected chi connectivity index (χ1v) is 16.4. The zero-order chi connectivity index (χ0) is 31.7. The van der Waals surface area contributed by atoms with Crippen molar-refractivity contribution in [2.45, 2.75) is 76.7 Å². The molecule has 0 bridgehead atoms. The van der Waals surface area contributed by atoms with E-state index in [1.807, 2.05) is 42.2 Å². The number of carbonyl (C=O) groups excluding carboxylic acids is 3. The molecule has 4 aliphatic rings. The number of ether oxygens (including phenoxy) is 3. The van der Waals surface area contributed by atoms with Gasteiger partial charge >= 0.3 is 0 Å². The summed E-state index contributed by atoms with van der Waals surface area (Å²) in [5.74, 6) is -0.220. The third-order valence-corrected chi connectivity index (χ3v) is 9.45. The smallest absolute Gasteiger partial charge is 0.270 e. The van der Waals surface area contributed by atoms with E-state index in [2.05, 4.69) is 22.8 Å². The summed E-state index contributed by atoms with van der Waals surface area (Å²) in [6.45, 7) is 8.18. The summed E-state index contributed by atoms with van der Waals surface area (Å²) in [6.07, 6.45) is 3.67. The minimum Gasteiger partial charge on any atom is -0.476 e. The van der Waals surface area contributed by atoms with Gasteiger partial charge in [-0.25, -0.2) is 0 Å². The maximum absolute atomic E-state index is 14.2. The van der Waals surface area contributed by atoms with Gasteiger partial charge in [-0.1, -0.05) is 24.3 Å². The molecule has 6 rings (SSSR count). The van der Waals surface area contributed by atoms with E-state index in [0.717, 1.165) is 30.5 Å². The Bertz CT molecular complexity index is 1420. The minimum absolute atomic E-state index is 0.00942. The predicted octanol–water partition coefficient (Wildman–Crippen LogP) is 3.77. The van der Waals surface area contributed by atoms with Crippen LogP contribution in [0.25, 0.3) is 0 Å². The highest BCUT2D eigenvalue weighted by Crippen LogP contribution is 2.43. The van der Waals surface area contributed by atoms with E-state index in [1.165, 1.54) is 5.56 Å². The normalized spacial score (nSPS) is 25.2. The molecule has 4 atom stereocenters. The van der Waals surface area contributed by atoms with Crippen LogP contribution < -0.4 is 25.2 Å². The first-order valence-electron chi connectivity index (χ1n) is 16.4. The fraction of sp³-hybridized carbons (Fsp3) is 0.571. The van der Waals surface area contributed by atoms with Crippen LogP contribution in [-0.2, 0) is 30.3 Å². The first-order chi connectivity index (χ1) is 21.7. The van der Waals surface area contributed by atoms with Crippen LogP contribution in [0.5, 0.6) is 5.75 Å². The van der Waals surface area contributed by atoms with Crippen molar-refractivity contribution >= 4 is 29.1 Å². The molecule has 242 valence electrons. The molecular weight excluding hydrogens is 572 g/mol. The van der Waals surface area contributed by atoms with E-state index in [0.29, 0.717) is 57.1 Å². The van der Waals surface area contributed by atoms with Gasteiger partial charge in [-0.3, -0.25) is 14.4 Å². The largest absolute Gasteiger partial charge is 0.476 e. The number of nitrogens with zero attached hydrogens (tertiary/aromatic N) is 2. The second-order valence-corrected chi connectivity index (χ2v) is 13.2. The zero-order valence-corrected chi connectivity index (χ0v) is 26.8. The van der Waals surface area contributed by atoms with Crippen LogP contribution >= 0.6 is 0 Å². The number of piperidine rings is 1. The fourth-order valence-electron chi connectivity index (χ4n) is 7.04. The molecule has 1 saturated carbocycles. The molecule has 0 spiro atoms. The maximum atomic E-state index is 14.2. The molecule has 2 fully saturated rings. The summed E-state index contributed by atoms with van der Waals surface area (Å²) in [4.78, 5) is 44.9. The van der Waals surface area contributed by atoms with Crippen LogP contribution in [-0.4, -0.2) is 75.4 Å². The Hall–Kier alpha value is -3.47. The molecule has 0 aromatic heterocycles. The quantitative estimate of drug-likeness (QED) is 0.369. The van der Waals surface area contributed by atoms with E-state index in [1.54, 1.807) is 25.9 Å². The molecular formula is C35H46N4O6. The van der Waals surface area contributed by atoms with Crippen molar-refractivity contribution < 1.29 is 28.6 Å². The molecule has 2 aromatic rings. The van der Waals surface area contributed by atoms with Gasteiger partial charge in [0.15, 0.2) is 5.60 Å². The van der Waals surface area contributed by atoms with Crippen LogP contribution in [0.1, 0.15) is 63.6 Å². The lowest BCUT2D eigenvalue weighted by Gasteiger charge is -2.40. The molecule has 3 amide bonds. The van der Waals surface area contributed by atoms with Crippen molar-refractivity contribution in [3.63, 3.8) is 0 Å². The lowest BCUT2D eigenvalue weighted by molar-refractivity contribution is -0.132. The van der Waals surface area contributed by atoms with Crippen LogP contribution in [0.3, 0.4) is 0 Å². The number of methoxy groups -OCH3 is 1. The molecule has 2 aliphatic carbocycles. The molecule has 10 nitrogen and oxygen atoms in total. The number of anilines is 2. The van der Waals surface area contributed by atoms with Gasteiger partial charge in [0, 0.05) is 58.1 Å². The molecule has 2 aliphatic heterocycles. The van der Waals surface area contributed by atoms with Crippen LogP contribution in [0.2, 0.25) is 0 Å². The highest BCUT2D eigenvalue weighted by atomic mass is 16.5. The summed E-state index contributed by atoms with van der Waals surface area (Å²) in [5, 5.41) is 6.65. The number of carbonyl (C=O) groups is 3. The van der Waals surface area contributed by atoms with Gasteiger partial charge < -0.3 is 34.6 Å². The van der Waals surface area contributed by atoms with Crippen molar-refractivity contribution in [3.05, 3.63) is 53.6 Å². The third kappa shape index (κ3) is 6.46. The SMILES string of the molecule is CCO[C@@H]1Cc2ccccc2[C@H]1NC(=O)[C@@H]1CNC[C@H](C(=O)N(c2ccc3c(c2)N(CCCOC)C(=O)C(C)(C)O3)C2CC2)C1. The second kappa shape index (κ2) is 13.1. The van der Waals surface area contributed by atoms with E-state index in [9.17, 15) is 14.4 Å². The third-order valence-electron chi connectivity index (χ3n) is 9.45. The number of nitrogens with one attached hydrogen (secondary N) is 2. The van der Waals surface area contributed by atoms with Crippen LogP contribution in [0.15, 0.2) is 42.5 Å². The molecule has 2 heterocycles. The molecule has 45 heavy (non-hydrogen) atoms. The molecule has 2 aromatic carbocycles. The van der Waals surface area contributed by atoms with E-state index >= 15 is 0 Å². The van der Waals surface area contributed by atoms with E-state index in [4.69, 9.17) is 14.2 Å². The van der Waals surface area contributed by atoms with Gasteiger partial charge in [0.1, 0.15) is 5.75 Å². The summed E-state index contributed by atoms with van der Waals surface area (Å²) < 4.78 is 17.4. The lowest BCUT2D eigenvalue weighted by atomic mass is 9.88. The molecule has 1 saturated heterocycles. The number of benzene rings is 2. The zero-order valence-electron chi connectivity index (χ0n) is 26.8.